The van der Waals surface area contributed by atoms with Gasteiger partial charge in [0.25, 0.3) is 5.91 Å². The third kappa shape index (κ3) is 3.76. The van der Waals surface area contributed by atoms with Gasteiger partial charge in [-0.3, -0.25) is 14.9 Å². The molecular formula is C20H17ClN4O2S. The minimum absolute atomic E-state index is 0.0442. The maximum Gasteiger partial charge on any atom is 0.259 e. The molecule has 0 spiro atoms. The fourth-order valence-corrected chi connectivity index (χ4v) is 4.16. The van der Waals surface area contributed by atoms with Gasteiger partial charge in [-0.25, -0.2) is 0 Å². The van der Waals surface area contributed by atoms with E-state index in [9.17, 15) is 9.59 Å². The lowest BCUT2D eigenvalue weighted by Crippen LogP contribution is -2.24. The lowest BCUT2D eigenvalue weighted by atomic mass is 10.1. The highest BCUT2D eigenvalue weighted by molar-refractivity contribution is 7.15. The van der Waals surface area contributed by atoms with Crippen molar-refractivity contribution in [2.45, 2.75) is 19.3 Å². The number of benzene rings is 2. The summed E-state index contributed by atoms with van der Waals surface area (Å²) in [6.07, 6.45) is 0.376. The monoisotopic (exact) mass is 412 g/mol. The molecule has 142 valence electrons. The molecule has 1 aliphatic heterocycles. The molecule has 1 atom stereocenters. The Balaban J connectivity index is 1.46. The number of carbonyl (C=O) groups excluding carboxylic acids is 2. The molecule has 1 aromatic heterocycles. The molecular weight excluding hydrogens is 396 g/mol. The molecule has 0 aliphatic carbocycles. The predicted octanol–water partition coefficient (Wildman–Crippen LogP) is 4.27. The normalized spacial score (nSPS) is 16.4. The van der Waals surface area contributed by atoms with Crippen LogP contribution in [0.15, 0.2) is 48.5 Å². The SMILES string of the molecule is Cc1ccc(N2C[C@@H](c3nnc(NC(=O)c4ccccc4Cl)s3)CC2=O)cc1. The molecule has 8 heteroatoms. The van der Waals surface area contributed by atoms with Gasteiger partial charge in [-0.15, -0.1) is 10.2 Å². The molecule has 28 heavy (non-hydrogen) atoms. The van der Waals surface area contributed by atoms with Crippen LogP contribution < -0.4 is 10.2 Å². The van der Waals surface area contributed by atoms with Crippen molar-refractivity contribution in [1.82, 2.24) is 10.2 Å². The van der Waals surface area contributed by atoms with Crippen molar-refractivity contribution in [1.29, 1.82) is 0 Å². The number of rotatable bonds is 4. The number of nitrogens with one attached hydrogen (secondary N) is 1. The number of amides is 2. The van der Waals surface area contributed by atoms with Gasteiger partial charge in [0.05, 0.1) is 10.6 Å². The van der Waals surface area contributed by atoms with E-state index in [1.807, 2.05) is 31.2 Å². The molecule has 2 heterocycles. The maximum atomic E-state index is 12.4. The zero-order valence-corrected chi connectivity index (χ0v) is 16.6. The lowest BCUT2D eigenvalue weighted by molar-refractivity contribution is -0.117. The Morgan fingerprint density at radius 2 is 1.93 bits per heavy atom. The van der Waals surface area contributed by atoms with Gasteiger partial charge in [0.1, 0.15) is 5.01 Å². The number of halogens is 1. The van der Waals surface area contributed by atoms with E-state index in [4.69, 9.17) is 11.6 Å². The fourth-order valence-electron chi connectivity index (χ4n) is 3.11. The van der Waals surface area contributed by atoms with Gasteiger partial charge >= 0.3 is 0 Å². The number of carbonyl (C=O) groups is 2. The van der Waals surface area contributed by atoms with E-state index in [0.29, 0.717) is 28.7 Å². The van der Waals surface area contributed by atoms with E-state index < -0.39 is 0 Å². The summed E-state index contributed by atoms with van der Waals surface area (Å²) in [5, 5.41) is 12.5. The van der Waals surface area contributed by atoms with Gasteiger partial charge in [-0.2, -0.15) is 0 Å². The molecule has 0 bridgehead atoms. The first-order valence-corrected chi connectivity index (χ1v) is 9.97. The van der Waals surface area contributed by atoms with Crippen molar-refractivity contribution in [3.8, 4) is 0 Å². The Kier molecular flexibility index (Phi) is 5.11. The Hall–Kier alpha value is -2.77. The number of aryl methyl sites for hydroxylation is 1. The third-order valence-corrected chi connectivity index (χ3v) is 5.93. The first-order valence-electron chi connectivity index (χ1n) is 8.77. The third-order valence-electron chi connectivity index (χ3n) is 4.60. The predicted molar refractivity (Wildman–Crippen MR) is 110 cm³/mol. The molecule has 0 unspecified atom stereocenters. The summed E-state index contributed by atoms with van der Waals surface area (Å²) in [4.78, 5) is 26.6. The summed E-state index contributed by atoms with van der Waals surface area (Å²) in [6, 6.07) is 14.7. The molecule has 0 radical (unpaired) electrons. The van der Waals surface area contributed by atoms with Crippen LogP contribution in [0.25, 0.3) is 0 Å². The highest BCUT2D eigenvalue weighted by Gasteiger charge is 2.34. The van der Waals surface area contributed by atoms with E-state index in [0.717, 1.165) is 16.3 Å². The van der Waals surface area contributed by atoms with Gasteiger partial charge < -0.3 is 4.90 Å². The molecule has 1 fully saturated rings. The maximum absolute atomic E-state index is 12.4. The molecule has 0 saturated carbocycles. The zero-order valence-electron chi connectivity index (χ0n) is 15.1. The van der Waals surface area contributed by atoms with Gasteiger partial charge in [-0.1, -0.05) is 52.8 Å². The summed E-state index contributed by atoms with van der Waals surface area (Å²) < 4.78 is 0. The minimum atomic E-state index is -0.336. The van der Waals surface area contributed by atoms with Gasteiger partial charge in [0, 0.05) is 24.6 Å². The van der Waals surface area contributed by atoms with Crippen LogP contribution in [0.3, 0.4) is 0 Å². The molecule has 3 aromatic rings. The standard InChI is InChI=1S/C20H17ClN4O2S/c1-12-6-8-14(9-7-12)25-11-13(10-17(25)26)19-23-24-20(28-19)22-18(27)15-4-2-3-5-16(15)21/h2-9,13H,10-11H2,1H3,(H,22,24,27)/t13-/m0/s1. The molecule has 1 aliphatic rings. The summed E-state index contributed by atoms with van der Waals surface area (Å²) >= 11 is 7.34. The van der Waals surface area contributed by atoms with Crippen molar-refractivity contribution in [3.05, 3.63) is 69.7 Å². The van der Waals surface area contributed by atoms with E-state index in [1.54, 1.807) is 29.2 Å². The van der Waals surface area contributed by atoms with Gasteiger partial charge in [0.15, 0.2) is 0 Å². The largest absolute Gasteiger partial charge is 0.312 e. The first-order chi connectivity index (χ1) is 13.5. The molecule has 1 saturated heterocycles. The topological polar surface area (TPSA) is 75.2 Å². The van der Waals surface area contributed by atoms with E-state index in [-0.39, 0.29) is 17.7 Å². The average Bonchev–Trinajstić information content (AvgIpc) is 3.29. The minimum Gasteiger partial charge on any atom is -0.312 e. The number of nitrogens with zero attached hydrogens (tertiary/aromatic N) is 3. The summed E-state index contributed by atoms with van der Waals surface area (Å²) in [5.41, 5.74) is 2.41. The fraction of sp³-hybridized carbons (Fsp3) is 0.200. The quantitative estimate of drug-likeness (QED) is 0.694. The van der Waals surface area contributed by atoms with Crippen LogP contribution in [0, 0.1) is 6.92 Å². The smallest absolute Gasteiger partial charge is 0.259 e. The Morgan fingerprint density at radius 1 is 1.18 bits per heavy atom. The second kappa shape index (κ2) is 7.69. The van der Waals surface area contributed by atoms with E-state index >= 15 is 0 Å². The molecule has 6 nitrogen and oxygen atoms in total. The second-order valence-electron chi connectivity index (χ2n) is 6.62. The Morgan fingerprint density at radius 3 is 2.68 bits per heavy atom. The first kappa shape index (κ1) is 18.6. The molecule has 1 N–H and O–H groups in total. The van der Waals surface area contributed by atoms with Crippen molar-refractivity contribution in [3.63, 3.8) is 0 Å². The van der Waals surface area contributed by atoms with Crippen LogP contribution in [0.5, 0.6) is 0 Å². The highest BCUT2D eigenvalue weighted by atomic mass is 35.5. The van der Waals surface area contributed by atoms with Gasteiger partial charge in [-0.05, 0) is 31.2 Å². The summed E-state index contributed by atoms with van der Waals surface area (Å²) in [5.74, 6) is -0.319. The number of hydrogen-bond donors (Lipinski definition) is 1. The van der Waals surface area contributed by atoms with Crippen LogP contribution in [0.1, 0.15) is 33.3 Å². The van der Waals surface area contributed by atoms with Crippen molar-refractivity contribution >= 4 is 45.6 Å². The van der Waals surface area contributed by atoms with Crippen LogP contribution >= 0.6 is 22.9 Å². The average molecular weight is 413 g/mol. The lowest BCUT2D eigenvalue weighted by Gasteiger charge is -2.16. The number of anilines is 2. The molecule has 2 amide bonds. The van der Waals surface area contributed by atoms with Crippen molar-refractivity contribution in [2.75, 3.05) is 16.8 Å². The second-order valence-corrected chi connectivity index (χ2v) is 8.04. The molecule has 2 aromatic carbocycles. The van der Waals surface area contributed by atoms with Crippen LogP contribution in [0.4, 0.5) is 10.8 Å². The van der Waals surface area contributed by atoms with Crippen molar-refractivity contribution in [2.24, 2.45) is 0 Å². The van der Waals surface area contributed by atoms with Crippen LogP contribution in [-0.4, -0.2) is 28.6 Å². The number of hydrogen-bond acceptors (Lipinski definition) is 5. The van der Waals surface area contributed by atoms with Crippen LogP contribution in [-0.2, 0) is 4.79 Å². The highest BCUT2D eigenvalue weighted by Crippen LogP contribution is 2.34. The van der Waals surface area contributed by atoms with Gasteiger partial charge in [0.2, 0.25) is 11.0 Å². The van der Waals surface area contributed by atoms with E-state index in [2.05, 4.69) is 15.5 Å². The summed E-state index contributed by atoms with van der Waals surface area (Å²) in [7, 11) is 0. The Labute approximate surface area is 171 Å². The summed E-state index contributed by atoms with van der Waals surface area (Å²) in [6.45, 7) is 2.56. The van der Waals surface area contributed by atoms with Crippen molar-refractivity contribution < 1.29 is 9.59 Å². The molecule has 4 rings (SSSR count). The Bertz CT molecular complexity index is 1030. The number of aromatic nitrogens is 2. The zero-order chi connectivity index (χ0) is 19.7. The van der Waals surface area contributed by atoms with E-state index in [1.165, 1.54) is 11.3 Å². The van der Waals surface area contributed by atoms with Crippen LogP contribution in [0.2, 0.25) is 5.02 Å².